The van der Waals surface area contributed by atoms with Gasteiger partial charge in [0.05, 0.1) is 17.5 Å². The molecule has 2 heterocycles. The van der Waals surface area contributed by atoms with Crippen molar-refractivity contribution in [1.29, 1.82) is 0 Å². The summed E-state index contributed by atoms with van der Waals surface area (Å²) in [6.07, 6.45) is 6.96. The number of aromatic nitrogens is 2. The van der Waals surface area contributed by atoms with E-state index in [9.17, 15) is 13.2 Å². The molecular weight excluding hydrogens is 316 g/mol. The highest BCUT2D eigenvalue weighted by atomic mass is 32.2. The average Bonchev–Trinajstić information content (AvgIpc) is 3.08. The second-order valence-electron chi connectivity index (χ2n) is 6.87. The normalized spacial score (nSPS) is 25.7. The van der Waals surface area contributed by atoms with Crippen LogP contribution in [-0.2, 0) is 16.9 Å². The summed E-state index contributed by atoms with van der Waals surface area (Å²) in [6, 6.07) is 0.0924. The SMILES string of the molecule is Cn1cc(C(=O)N[C@@H]2CN(CCS(C)(=O)=O)C[C@H]2C2CC2)cn1. The van der Waals surface area contributed by atoms with Crippen molar-refractivity contribution in [2.45, 2.75) is 18.9 Å². The molecule has 1 aliphatic carbocycles. The Morgan fingerprint density at radius 3 is 2.70 bits per heavy atom. The number of nitrogens with zero attached hydrogens (tertiary/aromatic N) is 3. The van der Waals surface area contributed by atoms with Crippen LogP contribution < -0.4 is 5.32 Å². The maximum Gasteiger partial charge on any atom is 0.254 e. The van der Waals surface area contributed by atoms with E-state index in [1.165, 1.54) is 19.1 Å². The van der Waals surface area contributed by atoms with Gasteiger partial charge in [-0.1, -0.05) is 0 Å². The smallest absolute Gasteiger partial charge is 0.254 e. The topological polar surface area (TPSA) is 84.3 Å². The van der Waals surface area contributed by atoms with Gasteiger partial charge in [-0.05, 0) is 24.7 Å². The molecule has 1 aromatic heterocycles. The number of hydrogen-bond donors (Lipinski definition) is 1. The summed E-state index contributed by atoms with van der Waals surface area (Å²) in [6.45, 7) is 2.14. The van der Waals surface area contributed by atoms with E-state index < -0.39 is 9.84 Å². The molecule has 1 aliphatic heterocycles. The second-order valence-corrected chi connectivity index (χ2v) is 9.13. The lowest BCUT2D eigenvalue weighted by molar-refractivity contribution is 0.0928. The zero-order valence-corrected chi connectivity index (χ0v) is 14.4. The van der Waals surface area contributed by atoms with Crippen molar-refractivity contribution in [2.75, 3.05) is 31.6 Å². The lowest BCUT2D eigenvalue weighted by atomic mass is 9.98. The molecule has 23 heavy (non-hydrogen) atoms. The first kappa shape index (κ1) is 16.4. The minimum atomic E-state index is -2.95. The van der Waals surface area contributed by atoms with E-state index >= 15 is 0 Å². The fourth-order valence-corrected chi connectivity index (χ4v) is 3.93. The third-order valence-electron chi connectivity index (χ3n) is 4.73. The molecule has 1 saturated carbocycles. The van der Waals surface area contributed by atoms with E-state index in [-0.39, 0.29) is 17.7 Å². The summed E-state index contributed by atoms with van der Waals surface area (Å²) >= 11 is 0. The Labute approximate surface area is 137 Å². The highest BCUT2D eigenvalue weighted by molar-refractivity contribution is 7.90. The molecule has 1 amide bonds. The van der Waals surface area contributed by atoms with E-state index in [0.717, 1.165) is 13.1 Å². The van der Waals surface area contributed by atoms with Gasteiger partial charge in [0.25, 0.3) is 5.91 Å². The molecule has 128 valence electrons. The van der Waals surface area contributed by atoms with E-state index in [1.54, 1.807) is 24.1 Å². The van der Waals surface area contributed by atoms with Crippen LogP contribution >= 0.6 is 0 Å². The van der Waals surface area contributed by atoms with Crippen LogP contribution in [0.1, 0.15) is 23.2 Å². The number of sulfone groups is 1. The number of amides is 1. The summed E-state index contributed by atoms with van der Waals surface area (Å²) in [7, 11) is -1.17. The van der Waals surface area contributed by atoms with Gasteiger partial charge in [-0.3, -0.25) is 14.4 Å². The lowest BCUT2D eigenvalue weighted by Crippen LogP contribution is -2.41. The van der Waals surface area contributed by atoms with Crippen molar-refractivity contribution >= 4 is 15.7 Å². The number of hydrogen-bond acceptors (Lipinski definition) is 5. The van der Waals surface area contributed by atoms with Gasteiger partial charge >= 0.3 is 0 Å². The minimum Gasteiger partial charge on any atom is -0.348 e. The van der Waals surface area contributed by atoms with E-state index in [1.807, 2.05) is 0 Å². The van der Waals surface area contributed by atoms with Gasteiger partial charge in [-0.25, -0.2) is 8.42 Å². The first-order chi connectivity index (χ1) is 10.8. The van der Waals surface area contributed by atoms with Crippen molar-refractivity contribution in [2.24, 2.45) is 18.9 Å². The highest BCUT2D eigenvalue weighted by Gasteiger charge is 2.43. The Morgan fingerprint density at radius 2 is 2.13 bits per heavy atom. The van der Waals surface area contributed by atoms with Crippen LogP contribution in [-0.4, -0.2) is 66.7 Å². The summed E-state index contributed by atoms with van der Waals surface area (Å²) in [5.74, 6) is 1.17. The van der Waals surface area contributed by atoms with Gasteiger partial charge in [0.2, 0.25) is 0 Å². The molecular formula is C15H24N4O3S. The Hall–Kier alpha value is -1.41. The number of rotatable bonds is 6. The van der Waals surface area contributed by atoms with Gasteiger partial charge in [0, 0.05) is 45.2 Å². The molecule has 0 aromatic carbocycles. The quantitative estimate of drug-likeness (QED) is 0.782. The van der Waals surface area contributed by atoms with Gasteiger partial charge in [-0.2, -0.15) is 5.10 Å². The number of nitrogens with one attached hydrogen (secondary N) is 1. The number of carbonyl (C=O) groups is 1. The molecule has 2 atom stereocenters. The Bertz CT molecular complexity index is 681. The van der Waals surface area contributed by atoms with Crippen molar-refractivity contribution < 1.29 is 13.2 Å². The molecule has 0 spiro atoms. The second kappa shape index (κ2) is 6.24. The molecule has 1 N–H and O–H groups in total. The Balaban J connectivity index is 1.61. The summed E-state index contributed by atoms with van der Waals surface area (Å²) in [5.41, 5.74) is 0.566. The van der Waals surface area contributed by atoms with E-state index in [4.69, 9.17) is 0 Å². The largest absolute Gasteiger partial charge is 0.348 e. The Morgan fingerprint density at radius 1 is 1.39 bits per heavy atom. The van der Waals surface area contributed by atoms with Gasteiger partial charge in [-0.15, -0.1) is 0 Å². The fraction of sp³-hybridized carbons (Fsp3) is 0.733. The minimum absolute atomic E-state index is 0.0924. The summed E-state index contributed by atoms with van der Waals surface area (Å²) < 4.78 is 24.3. The zero-order chi connectivity index (χ0) is 16.6. The van der Waals surface area contributed by atoms with Gasteiger partial charge in [0.1, 0.15) is 9.84 Å². The molecule has 1 aromatic rings. The van der Waals surface area contributed by atoms with Crippen LogP contribution in [0.2, 0.25) is 0 Å². The molecule has 2 aliphatic rings. The predicted molar refractivity (Wildman–Crippen MR) is 86.8 cm³/mol. The number of aryl methyl sites for hydroxylation is 1. The van der Waals surface area contributed by atoms with Crippen molar-refractivity contribution in [1.82, 2.24) is 20.0 Å². The van der Waals surface area contributed by atoms with Gasteiger partial charge in [0.15, 0.2) is 0 Å². The molecule has 0 radical (unpaired) electrons. The highest BCUT2D eigenvalue weighted by Crippen LogP contribution is 2.41. The monoisotopic (exact) mass is 340 g/mol. The molecule has 3 rings (SSSR count). The third kappa shape index (κ3) is 4.32. The number of likely N-dealkylation sites (tertiary alicyclic amines) is 1. The zero-order valence-electron chi connectivity index (χ0n) is 13.6. The molecule has 0 bridgehead atoms. The van der Waals surface area contributed by atoms with E-state index in [2.05, 4.69) is 15.3 Å². The van der Waals surface area contributed by atoms with Crippen molar-refractivity contribution in [3.63, 3.8) is 0 Å². The van der Waals surface area contributed by atoms with Crippen LogP contribution in [0, 0.1) is 11.8 Å². The molecule has 2 fully saturated rings. The summed E-state index contributed by atoms with van der Waals surface area (Å²) in [4.78, 5) is 14.5. The van der Waals surface area contributed by atoms with Gasteiger partial charge < -0.3 is 5.32 Å². The van der Waals surface area contributed by atoms with Crippen molar-refractivity contribution in [3.8, 4) is 0 Å². The van der Waals surface area contributed by atoms with E-state index in [0.29, 0.717) is 23.9 Å². The van der Waals surface area contributed by atoms with Crippen LogP contribution in [0.3, 0.4) is 0 Å². The predicted octanol–water partition coefficient (Wildman–Crippen LogP) is -0.0951. The van der Waals surface area contributed by atoms with Crippen LogP contribution in [0.5, 0.6) is 0 Å². The van der Waals surface area contributed by atoms with Crippen LogP contribution in [0.25, 0.3) is 0 Å². The summed E-state index contributed by atoms with van der Waals surface area (Å²) in [5, 5.41) is 7.15. The Kier molecular flexibility index (Phi) is 4.46. The first-order valence-corrected chi connectivity index (χ1v) is 10.1. The fourth-order valence-electron chi connectivity index (χ4n) is 3.34. The number of carbonyl (C=O) groups excluding carboxylic acids is 1. The maximum atomic E-state index is 12.3. The molecule has 0 unspecified atom stereocenters. The lowest BCUT2D eigenvalue weighted by Gasteiger charge is -2.19. The third-order valence-corrected chi connectivity index (χ3v) is 5.65. The molecule has 8 heteroatoms. The first-order valence-electron chi connectivity index (χ1n) is 8.01. The molecule has 1 saturated heterocycles. The van der Waals surface area contributed by atoms with Crippen molar-refractivity contribution in [3.05, 3.63) is 18.0 Å². The molecule has 7 nitrogen and oxygen atoms in total. The van der Waals surface area contributed by atoms with Crippen LogP contribution in [0.4, 0.5) is 0 Å². The standard InChI is InChI=1S/C15H24N4O3S/c1-18-8-12(7-16-18)15(20)17-14-10-19(5-6-23(2,21)22)9-13(14)11-3-4-11/h7-8,11,13-14H,3-6,9-10H2,1-2H3,(H,17,20)/t13-,14+/m0/s1. The maximum absolute atomic E-state index is 12.3. The average molecular weight is 340 g/mol. The van der Waals surface area contributed by atoms with Crippen LogP contribution in [0.15, 0.2) is 12.4 Å².